The molecule has 1 heterocycles. The van der Waals surface area contributed by atoms with E-state index in [4.69, 9.17) is 4.74 Å². The van der Waals surface area contributed by atoms with E-state index in [1.165, 1.54) is 5.56 Å². The molecule has 1 aromatic carbocycles. The molecule has 1 atom stereocenters. The summed E-state index contributed by atoms with van der Waals surface area (Å²) in [5, 5.41) is 6.57. The maximum Gasteiger partial charge on any atom is 0.243 e. The zero-order valence-corrected chi connectivity index (χ0v) is 17.6. The Morgan fingerprint density at radius 2 is 2.08 bits per heavy atom. The Bertz CT molecular complexity index is 553. The van der Waals surface area contributed by atoms with Gasteiger partial charge >= 0.3 is 0 Å². The first kappa shape index (κ1) is 21.5. The van der Waals surface area contributed by atoms with Crippen molar-refractivity contribution in [1.82, 2.24) is 15.5 Å². The smallest absolute Gasteiger partial charge is 0.243 e. The van der Waals surface area contributed by atoms with Crippen molar-refractivity contribution in [2.24, 2.45) is 4.99 Å². The molecule has 0 radical (unpaired) electrons. The van der Waals surface area contributed by atoms with Gasteiger partial charge in [-0.15, -0.1) is 24.0 Å². The number of benzene rings is 1. The highest BCUT2D eigenvalue weighted by molar-refractivity contribution is 14.0. The first-order valence-electron chi connectivity index (χ1n) is 8.57. The molecular formula is C18H29IN4O2. The number of aliphatic imine (C=N–C) groups is 1. The monoisotopic (exact) mass is 460 g/mol. The van der Waals surface area contributed by atoms with Crippen LogP contribution < -0.4 is 15.4 Å². The molecule has 1 aliphatic rings. The number of halogens is 1. The van der Waals surface area contributed by atoms with Gasteiger partial charge in [-0.1, -0.05) is 31.5 Å². The van der Waals surface area contributed by atoms with Gasteiger partial charge in [-0.25, -0.2) is 4.99 Å². The van der Waals surface area contributed by atoms with E-state index >= 15 is 0 Å². The zero-order chi connectivity index (χ0) is 17.4. The number of carbonyl (C=O) groups excluding carboxylic acids is 1. The predicted octanol–water partition coefficient (Wildman–Crippen LogP) is 2.03. The third-order valence-corrected chi connectivity index (χ3v) is 3.91. The van der Waals surface area contributed by atoms with Crippen molar-refractivity contribution >= 4 is 35.8 Å². The predicted molar refractivity (Wildman–Crippen MR) is 112 cm³/mol. The molecule has 0 aromatic heterocycles. The zero-order valence-electron chi connectivity index (χ0n) is 15.2. The molecule has 0 spiro atoms. The standard InChI is InChI=1S/C18H28N4O2.HI/c1-4-5-10-19-18(21-13-17(23)22(2)3)20-12-15-11-14-8-6-7-9-16(14)24-15;/h6-9,15H,4-5,10-13H2,1-3H3,(H2,19,20,21);1H. The highest BCUT2D eigenvalue weighted by atomic mass is 127. The molecule has 1 aromatic rings. The number of guanidine groups is 1. The molecule has 2 N–H and O–H groups in total. The van der Waals surface area contributed by atoms with Crippen LogP contribution in [0.5, 0.6) is 5.75 Å². The van der Waals surface area contributed by atoms with E-state index in [1.807, 2.05) is 18.2 Å². The van der Waals surface area contributed by atoms with Crippen LogP contribution in [0, 0.1) is 0 Å². The number of hydrogen-bond acceptors (Lipinski definition) is 3. The number of fused-ring (bicyclic) bond motifs is 1. The van der Waals surface area contributed by atoms with E-state index in [-0.39, 0.29) is 42.5 Å². The third-order valence-electron chi connectivity index (χ3n) is 3.91. The van der Waals surface area contributed by atoms with Crippen molar-refractivity contribution in [3.63, 3.8) is 0 Å². The molecule has 2 rings (SSSR count). The Balaban J connectivity index is 0.00000312. The SMILES string of the molecule is CCCCNC(=NCC(=O)N(C)C)NCC1Cc2ccccc2O1.I. The molecule has 1 aliphatic heterocycles. The number of rotatable bonds is 7. The van der Waals surface area contributed by atoms with E-state index in [9.17, 15) is 4.79 Å². The summed E-state index contributed by atoms with van der Waals surface area (Å²) < 4.78 is 5.93. The highest BCUT2D eigenvalue weighted by Crippen LogP contribution is 2.27. The largest absolute Gasteiger partial charge is 0.488 e. The van der Waals surface area contributed by atoms with Crippen molar-refractivity contribution in [1.29, 1.82) is 0 Å². The van der Waals surface area contributed by atoms with Crippen LogP contribution in [0.4, 0.5) is 0 Å². The van der Waals surface area contributed by atoms with Crippen molar-refractivity contribution < 1.29 is 9.53 Å². The van der Waals surface area contributed by atoms with E-state index in [0.717, 1.165) is 31.6 Å². The van der Waals surface area contributed by atoms with E-state index in [2.05, 4.69) is 28.6 Å². The molecule has 0 bridgehead atoms. The molecule has 0 saturated heterocycles. The lowest BCUT2D eigenvalue weighted by molar-refractivity contribution is -0.127. The fourth-order valence-corrected chi connectivity index (χ4v) is 2.42. The van der Waals surface area contributed by atoms with Gasteiger partial charge < -0.3 is 20.3 Å². The number of likely N-dealkylation sites (N-methyl/N-ethyl adjacent to an activating group) is 1. The fourth-order valence-electron chi connectivity index (χ4n) is 2.42. The molecule has 6 nitrogen and oxygen atoms in total. The Kier molecular flexibility index (Phi) is 9.62. The highest BCUT2D eigenvalue weighted by Gasteiger charge is 2.22. The summed E-state index contributed by atoms with van der Waals surface area (Å²) in [7, 11) is 3.47. The molecule has 0 saturated carbocycles. The number of unbranched alkanes of at least 4 members (excludes halogenated alkanes) is 1. The number of ether oxygens (including phenoxy) is 1. The van der Waals surface area contributed by atoms with E-state index in [1.54, 1.807) is 19.0 Å². The van der Waals surface area contributed by atoms with Crippen LogP contribution in [0.25, 0.3) is 0 Å². The number of nitrogens with zero attached hydrogens (tertiary/aromatic N) is 2. The normalized spacial score (nSPS) is 15.6. The van der Waals surface area contributed by atoms with Gasteiger partial charge in [0.15, 0.2) is 5.96 Å². The van der Waals surface area contributed by atoms with Crippen LogP contribution in [0.2, 0.25) is 0 Å². The first-order chi connectivity index (χ1) is 11.6. The van der Waals surface area contributed by atoms with Crippen LogP contribution in [-0.4, -0.2) is 56.6 Å². The summed E-state index contributed by atoms with van der Waals surface area (Å²) in [6.45, 7) is 3.78. The average molecular weight is 460 g/mol. The van der Waals surface area contributed by atoms with Gasteiger partial charge in [-0.2, -0.15) is 0 Å². The van der Waals surface area contributed by atoms with Gasteiger partial charge in [0.25, 0.3) is 0 Å². The van der Waals surface area contributed by atoms with Crippen LogP contribution in [0.3, 0.4) is 0 Å². The summed E-state index contributed by atoms with van der Waals surface area (Å²) in [6.07, 6.45) is 3.15. The second-order valence-electron chi connectivity index (χ2n) is 6.17. The van der Waals surface area contributed by atoms with Crippen molar-refractivity contribution in [3.05, 3.63) is 29.8 Å². The minimum atomic E-state index is -0.0175. The maximum atomic E-state index is 11.7. The van der Waals surface area contributed by atoms with Gasteiger partial charge in [-0.05, 0) is 18.1 Å². The molecule has 25 heavy (non-hydrogen) atoms. The van der Waals surface area contributed by atoms with E-state index in [0.29, 0.717) is 12.5 Å². The molecule has 7 heteroatoms. The summed E-state index contributed by atoms with van der Waals surface area (Å²) in [6, 6.07) is 8.11. The summed E-state index contributed by atoms with van der Waals surface area (Å²) in [5.41, 5.74) is 1.24. The van der Waals surface area contributed by atoms with Crippen LogP contribution in [-0.2, 0) is 11.2 Å². The second-order valence-corrected chi connectivity index (χ2v) is 6.17. The quantitative estimate of drug-likeness (QED) is 0.283. The lowest BCUT2D eigenvalue weighted by Crippen LogP contribution is -2.43. The van der Waals surface area contributed by atoms with Crippen LogP contribution in [0.1, 0.15) is 25.3 Å². The number of para-hydroxylation sites is 1. The van der Waals surface area contributed by atoms with Crippen LogP contribution in [0.15, 0.2) is 29.3 Å². The first-order valence-corrected chi connectivity index (χ1v) is 8.57. The molecule has 1 unspecified atom stereocenters. The van der Waals surface area contributed by atoms with Gasteiger partial charge in [0.05, 0.1) is 6.54 Å². The Morgan fingerprint density at radius 3 is 2.76 bits per heavy atom. The number of hydrogen-bond donors (Lipinski definition) is 2. The van der Waals surface area contributed by atoms with Gasteiger partial charge in [0.2, 0.25) is 5.91 Å². The average Bonchev–Trinajstić information content (AvgIpc) is 2.99. The van der Waals surface area contributed by atoms with Crippen LogP contribution >= 0.6 is 24.0 Å². The fraction of sp³-hybridized carbons (Fsp3) is 0.556. The summed E-state index contributed by atoms with van der Waals surface area (Å²) in [4.78, 5) is 17.6. The minimum Gasteiger partial charge on any atom is -0.488 e. The lowest BCUT2D eigenvalue weighted by atomic mass is 10.1. The number of carbonyl (C=O) groups is 1. The van der Waals surface area contributed by atoms with Gasteiger partial charge in [0, 0.05) is 27.1 Å². The van der Waals surface area contributed by atoms with Gasteiger partial charge in [-0.3, -0.25) is 4.79 Å². The molecule has 1 amide bonds. The third kappa shape index (κ3) is 7.09. The second kappa shape index (κ2) is 11.2. The summed E-state index contributed by atoms with van der Waals surface area (Å²) in [5.74, 6) is 1.61. The topological polar surface area (TPSA) is 66.0 Å². The number of amides is 1. The summed E-state index contributed by atoms with van der Waals surface area (Å²) >= 11 is 0. The van der Waals surface area contributed by atoms with Crippen molar-refractivity contribution in [2.75, 3.05) is 33.7 Å². The molecular weight excluding hydrogens is 431 g/mol. The molecule has 0 aliphatic carbocycles. The Labute approximate surface area is 167 Å². The minimum absolute atomic E-state index is 0. The van der Waals surface area contributed by atoms with Crippen molar-refractivity contribution in [2.45, 2.75) is 32.3 Å². The van der Waals surface area contributed by atoms with Crippen molar-refractivity contribution in [3.8, 4) is 5.75 Å². The molecule has 140 valence electrons. The maximum absolute atomic E-state index is 11.7. The Morgan fingerprint density at radius 1 is 1.32 bits per heavy atom. The molecule has 0 fully saturated rings. The lowest BCUT2D eigenvalue weighted by Gasteiger charge is -2.16. The number of nitrogens with one attached hydrogen (secondary N) is 2. The van der Waals surface area contributed by atoms with E-state index < -0.39 is 0 Å². The Hall–Kier alpha value is -1.51. The van der Waals surface area contributed by atoms with Gasteiger partial charge in [0.1, 0.15) is 18.4 Å².